The zero-order chi connectivity index (χ0) is 20.6. The number of carbonyl (C=O) groups is 2. The van der Waals surface area contributed by atoms with E-state index in [-0.39, 0.29) is 29.6 Å². The van der Waals surface area contributed by atoms with Crippen molar-refractivity contribution in [1.29, 1.82) is 0 Å². The summed E-state index contributed by atoms with van der Waals surface area (Å²) in [6, 6.07) is 10.4. The highest BCUT2D eigenvalue weighted by atomic mass is 32.2. The summed E-state index contributed by atoms with van der Waals surface area (Å²) in [6.45, 7) is 2.54. The van der Waals surface area contributed by atoms with Gasteiger partial charge in [0.05, 0.1) is 4.90 Å². The Labute approximate surface area is 168 Å². The highest BCUT2D eigenvalue weighted by Crippen LogP contribution is 2.35. The average Bonchev–Trinajstić information content (AvgIpc) is 3.07. The number of hydrogen-bond acceptors (Lipinski definition) is 6. The Morgan fingerprint density at radius 2 is 1.76 bits per heavy atom. The number of ether oxygens (including phenoxy) is 2. The van der Waals surface area contributed by atoms with Crippen molar-refractivity contribution >= 4 is 27.4 Å². The first-order chi connectivity index (χ1) is 13.8. The summed E-state index contributed by atoms with van der Waals surface area (Å²) < 4.78 is 38.9. The van der Waals surface area contributed by atoms with E-state index < -0.39 is 16.1 Å². The second-order valence-corrected chi connectivity index (χ2v) is 8.65. The lowest BCUT2D eigenvalue weighted by Crippen LogP contribution is -2.37. The van der Waals surface area contributed by atoms with Gasteiger partial charge < -0.3 is 14.4 Å². The normalized spacial score (nSPS) is 18.7. The van der Waals surface area contributed by atoms with Gasteiger partial charge in [-0.15, -0.1) is 0 Å². The predicted molar refractivity (Wildman–Crippen MR) is 105 cm³/mol. The van der Waals surface area contributed by atoms with E-state index in [1.165, 1.54) is 36.1 Å². The zero-order valence-corrected chi connectivity index (χ0v) is 16.6. The van der Waals surface area contributed by atoms with Crippen molar-refractivity contribution < 1.29 is 27.5 Å². The lowest BCUT2D eigenvalue weighted by Gasteiger charge is -2.22. The Hall–Kier alpha value is -2.91. The first-order valence-corrected chi connectivity index (χ1v) is 10.7. The summed E-state index contributed by atoms with van der Waals surface area (Å²) in [5.74, 6) is 0.869. The third kappa shape index (κ3) is 3.96. The quantitative estimate of drug-likeness (QED) is 0.745. The topological polar surface area (TPSA) is 102 Å². The summed E-state index contributed by atoms with van der Waals surface area (Å²) in [7, 11) is -3.81. The van der Waals surface area contributed by atoms with Gasteiger partial charge in [-0.3, -0.25) is 9.59 Å². The minimum absolute atomic E-state index is 0.0488. The predicted octanol–water partition coefficient (Wildman–Crippen LogP) is 1.74. The molecule has 1 saturated heterocycles. The molecule has 2 aromatic carbocycles. The third-order valence-corrected chi connectivity index (χ3v) is 6.39. The summed E-state index contributed by atoms with van der Waals surface area (Å²) in [4.78, 5) is 25.4. The van der Waals surface area contributed by atoms with Crippen LogP contribution in [0.5, 0.6) is 11.5 Å². The van der Waals surface area contributed by atoms with Crippen LogP contribution in [0.4, 0.5) is 5.69 Å². The molecule has 8 nitrogen and oxygen atoms in total. The van der Waals surface area contributed by atoms with Crippen LogP contribution in [0.2, 0.25) is 0 Å². The van der Waals surface area contributed by atoms with Gasteiger partial charge in [-0.05, 0) is 31.2 Å². The number of sulfonamides is 1. The molecule has 9 heteroatoms. The molecule has 0 spiro atoms. The van der Waals surface area contributed by atoms with Crippen LogP contribution in [0, 0.1) is 0 Å². The van der Waals surface area contributed by atoms with E-state index in [9.17, 15) is 18.0 Å². The van der Waals surface area contributed by atoms with Crippen LogP contribution >= 0.6 is 0 Å². The Bertz CT molecular complexity index is 1060. The first kappa shape index (κ1) is 19.4. The van der Waals surface area contributed by atoms with Crippen molar-refractivity contribution in [2.75, 3.05) is 24.7 Å². The van der Waals surface area contributed by atoms with Crippen molar-refractivity contribution in [3.63, 3.8) is 0 Å². The minimum atomic E-state index is -3.81. The van der Waals surface area contributed by atoms with Gasteiger partial charge in [-0.25, -0.2) is 13.1 Å². The number of nitrogens with zero attached hydrogens (tertiary/aromatic N) is 1. The van der Waals surface area contributed by atoms with E-state index in [0.717, 1.165) is 0 Å². The minimum Gasteiger partial charge on any atom is -0.486 e. The number of anilines is 1. The van der Waals surface area contributed by atoms with Crippen LogP contribution in [0.25, 0.3) is 0 Å². The Morgan fingerprint density at radius 1 is 1.07 bits per heavy atom. The third-order valence-electron chi connectivity index (χ3n) is 4.86. The average molecular weight is 416 g/mol. The highest BCUT2D eigenvalue weighted by Gasteiger charge is 2.34. The molecule has 0 radical (unpaired) electrons. The molecule has 4 rings (SSSR count). The van der Waals surface area contributed by atoms with E-state index in [4.69, 9.17) is 9.47 Å². The van der Waals surface area contributed by atoms with Crippen LogP contribution in [-0.2, 0) is 14.8 Å². The number of fused-ring (bicyclic) bond motifs is 1. The zero-order valence-electron chi connectivity index (χ0n) is 15.8. The van der Waals surface area contributed by atoms with Gasteiger partial charge in [0.15, 0.2) is 17.3 Å². The van der Waals surface area contributed by atoms with Gasteiger partial charge in [0.2, 0.25) is 15.9 Å². The van der Waals surface area contributed by atoms with Crippen LogP contribution < -0.4 is 19.1 Å². The molecule has 1 fully saturated rings. The lowest BCUT2D eigenvalue weighted by molar-refractivity contribution is -0.117. The maximum atomic E-state index is 12.6. The maximum absolute atomic E-state index is 12.6. The fraction of sp³-hybridized carbons (Fsp3) is 0.300. The van der Waals surface area contributed by atoms with Crippen LogP contribution in [0.1, 0.15) is 23.7 Å². The molecule has 2 heterocycles. The molecule has 0 unspecified atom stereocenters. The van der Waals surface area contributed by atoms with Crippen molar-refractivity contribution in [3.05, 3.63) is 48.0 Å². The van der Waals surface area contributed by atoms with Crippen molar-refractivity contribution in [1.82, 2.24) is 4.72 Å². The Balaban J connectivity index is 1.48. The number of Topliss-reactive ketones (excluding diaryl/α,β-unsaturated/α-hetero) is 1. The second-order valence-electron chi connectivity index (χ2n) is 6.94. The van der Waals surface area contributed by atoms with Crippen LogP contribution in [-0.4, -0.2) is 45.9 Å². The lowest BCUT2D eigenvalue weighted by atomic mass is 10.2. The Morgan fingerprint density at radius 3 is 2.45 bits per heavy atom. The number of rotatable bonds is 5. The molecule has 29 heavy (non-hydrogen) atoms. The number of benzene rings is 2. The standard InChI is InChI=1S/C20H20N2O6S/c1-13(23)14-2-5-17(6-3-14)29(25,26)21-15-10-20(24)22(12-15)16-4-7-18-19(11-16)28-9-8-27-18/h2-7,11,15,21H,8-10,12H2,1H3/t15-/m1/s1. The van der Waals surface area contributed by atoms with E-state index >= 15 is 0 Å². The molecule has 1 atom stereocenters. The largest absolute Gasteiger partial charge is 0.486 e. The molecule has 0 saturated carbocycles. The molecule has 1 N–H and O–H groups in total. The van der Waals surface area contributed by atoms with Gasteiger partial charge in [0, 0.05) is 36.3 Å². The van der Waals surface area contributed by atoms with E-state index in [2.05, 4.69) is 4.72 Å². The SMILES string of the molecule is CC(=O)c1ccc(S(=O)(=O)N[C@@H]2CC(=O)N(c3ccc4c(c3)OCCO4)C2)cc1. The number of amides is 1. The summed E-state index contributed by atoms with van der Waals surface area (Å²) in [6.07, 6.45) is 0.0548. The number of carbonyl (C=O) groups excluding carboxylic acids is 2. The Kier molecular flexibility index (Phi) is 5.01. The second kappa shape index (κ2) is 7.49. The number of nitrogens with one attached hydrogen (secondary N) is 1. The fourth-order valence-electron chi connectivity index (χ4n) is 3.39. The summed E-state index contributed by atoms with van der Waals surface area (Å²) in [5, 5.41) is 0. The maximum Gasteiger partial charge on any atom is 0.240 e. The van der Waals surface area contributed by atoms with Gasteiger partial charge in [-0.2, -0.15) is 0 Å². The monoisotopic (exact) mass is 416 g/mol. The van der Waals surface area contributed by atoms with Crippen molar-refractivity contribution in [2.45, 2.75) is 24.3 Å². The molecule has 2 aromatic rings. The van der Waals surface area contributed by atoms with Crippen LogP contribution in [0.3, 0.4) is 0 Å². The molecule has 2 aliphatic rings. The molecule has 152 valence electrons. The van der Waals surface area contributed by atoms with E-state index in [0.29, 0.717) is 36.0 Å². The summed E-state index contributed by atoms with van der Waals surface area (Å²) in [5.41, 5.74) is 1.07. The van der Waals surface area contributed by atoms with Crippen LogP contribution in [0.15, 0.2) is 47.4 Å². The molecule has 1 amide bonds. The number of ketones is 1. The molecule has 0 aliphatic carbocycles. The van der Waals surface area contributed by atoms with Crippen molar-refractivity contribution in [3.8, 4) is 11.5 Å². The number of hydrogen-bond donors (Lipinski definition) is 1. The fourth-order valence-corrected chi connectivity index (χ4v) is 4.62. The first-order valence-electron chi connectivity index (χ1n) is 9.17. The molecular formula is C20H20N2O6S. The smallest absolute Gasteiger partial charge is 0.240 e. The van der Waals surface area contributed by atoms with Crippen molar-refractivity contribution in [2.24, 2.45) is 0 Å². The molecule has 0 aromatic heterocycles. The highest BCUT2D eigenvalue weighted by molar-refractivity contribution is 7.89. The molecule has 0 bridgehead atoms. The van der Waals surface area contributed by atoms with E-state index in [1.54, 1.807) is 18.2 Å². The molecular weight excluding hydrogens is 396 g/mol. The van der Waals surface area contributed by atoms with Gasteiger partial charge in [-0.1, -0.05) is 12.1 Å². The van der Waals surface area contributed by atoms with Gasteiger partial charge in [0.25, 0.3) is 0 Å². The molecule has 2 aliphatic heterocycles. The summed E-state index contributed by atoms with van der Waals surface area (Å²) >= 11 is 0. The van der Waals surface area contributed by atoms with E-state index in [1.807, 2.05) is 0 Å². The van der Waals surface area contributed by atoms with Gasteiger partial charge >= 0.3 is 0 Å². The van der Waals surface area contributed by atoms with Gasteiger partial charge in [0.1, 0.15) is 13.2 Å².